The van der Waals surface area contributed by atoms with Crippen LogP contribution in [-0.2, 0) is 9.53 Å². The molecular formula is C20H19N3O3S. The Morgan fingerprint density at radius 2 is 1.81 bits per heavy atom. The van der Waals surface area contributed by atoms with Crippen LogP contribution in [0.3, 0.4) is 0 Å². The predicted molar refractivity (Wildman–Crippen MR) is 105 cm³/mol. The van der Waals surface area contributed by atoms with Crippen molar-refractivity contribution in [2.45, 2.75) is 0 Å². The maximum absolute atomic E-state index is 12.4. The molecule has 0 saturated carbocycles. The largest absolute Gasteiger partial charge is 0.451 e. The Bertz CT molecular complexity index is 916. The molecule has 3 aromatic rings. The number of ether oxygens (including phenoxy) is 1. The maximum atomic E-state index is 12.4. The summed E-state index contributed by atoms with van der Waals surface area (Å²) in [5, 5.41) is 1.01. The van der Waals surface area contributed by atoms with Gasteiger partial charge in [0, 0.05) is 37.1 Å². The van der Waals surface area contributed by atoms with Crippen molar-refractivity contribution in [2.75, 3.05) is 37.7 Å². The van der Waals surface area contributed by atoms with E-state index in [1.165, 1.54) is 11.3 Å². The third-order valence-electron chi connectivity index (χ3n) is 4.56. The highest BCUT2D eigenvalue weighted by atomic mass is 32.1. The minimum atomic E-state index is -0.448. The lowest BCUT2D eigenvalue weighted by atomic mass is 10.2. The van der Waals surface area contributed by atoms with Crippen molar-refractivity contribution in [3.8, 4) is 0 Å². The summed E-state index contributed by atoms with van der Waals surface area (Å²) in [7, 11) is 0. The Morgan fingerprint density at radius 1 is 1.04 bits per heavy atom. The van der Waals surface area contributed by atoms with Crippen molar-refractivity contribution in [3.05, 3.63) is 59.6 Å². The molecule has 1 saturated heterocycles. The molecule has 138 valence electrons. The molecule has 0 N–H and O–H groups in total. The molecule has 1 amide bonds. The van der Waals surface area contributed by atoms with Gasteiger partial charge in [-0.25, -0.2) is 9.78 Å². The van der Waals surface area contributed by atoms with E-state index in [2.05, 4.69) is 9.88 Å². The van der Waals surface area contributed by atoms with Crippen molar-refractivity contribution in [2.24, 2.45) is 0 Å². The van der Waals surface area contributed by atoms with E-state index in [0.29, 0.717) is 31.1 Å². The van der Waals surface area contributed by atoms with Gasteiger partial charge in [-0.05, 0) is 29.7 Å². The second kappa shape index (κ2) is 7.75. The van der Waals surface area contributed by atoms with Crippen LogP contribution in [0.1, 0.15) is 9.67 Å². The van der Waals surface area contributed by atoms with Gasteiger partial charge in [-0.1, -0.05) is 24.3 Å². The third-order valence-corrected chi connectivity index (χ3v) is 5.66. The number of hydrogen-bond acceptors (Lipinski definition) is 6. The molecule has 0 atom stereocenters. The Kier molecular flexibility index (Phi) is 5.02. The Morgan fingerprint density at radius 3 is 2.56 bits per heavy atom. The minimum absolute atomic E-state index is 0.162. The molecule has 0 unspecified atom stereocenters. The highest BCUT2D eigenvalue weighted by molar-refractivity contribution is 7.20. The normalized spacial score (nSPS) is 14.4. The van der Waals surface area contributed by atoms with Crippen molar-refractivity contribution >= 4 is 39.1 Å². The monoisotopic (exact) mass is 381 g/mol. The van der Waals surface area contributed by atoms with Gasteiger partial charge in [0.15, 0.2) is 6.61 Å². The first-order chi connectivity index (χ1) is 13.2. The van der Waals surface area contributed by atoms with Crippen LogP contribution in [0.15, 0.2) is 54.7 Å². The molecule has 1 aliphatic heterocycles. The highest BCUT2D eigenvalue weighted by Gasteiger charge is 2.23. The van der Waals surface area contributed by atoms with Crippen molar-refractivity contribution < 1.29 is 14.3 Å². The zero-order valence-electron chi connectivity index (χ0n) is 14.7. The number of thiophene rings is 1. The average Bonchev–Trinajstić information content (AvgIpc) is 3.17. The van der Waals surface area contributed by atoms with Crippen LogP contribution in [0.25, 0.3) is 10.1 Å². The molecule has 1 aliphatic rings. The van der Waals surface area contributed by atoms with E-state index in [9.17, 15) is 9.59 Å². The number of rotatable bonds is 4. The van der Waals surface area contributed by atoms with Gasteiger partial charge in [0.2, 0.25) is 0 Å². The van der Waals surface area contributed by atoms with Crippen LogP contribution in [0.5, 0.6) is 0 Å². The van der Waals surface area contributed by atoms with Crippen LogP contribution in [0.4, 0.5) is 5.82 Å². The summed E-state index contributed by atoms with van der Waals surface area (Å²) in [5.74, 6) is 0.308. The number of pyridine rings is 1. The van der Waals surface area contributed by atoms with Crippen LogP contribution >= 0.6 is 11.3 Å². The van der Waals surface area contributed by atoms with Crippen molar-refractivity contribution in [3.63, 3.8) is 0 Å². The minimum Gasteiger partial charge on any atom is -0.451 e. The average molecular weight is 381 g/mol. The van der Waals surface area contributed by atoms with Gasteiger partial charge in [-0.2, -0.15) is 0 Å². The van der Waals surface area contributed by atoms with Crippen LogP contribution in [0, 0.1) is 0 Å². The Balaban J connectivity index is 1.29. The fourth-order valence-corrected chi connectivity index (χ4v) is 4.05. The van der Waals surface area contributed by atoms with E-state index >= 15 is 0 Å². The van der Waals surface area contributed by atoms with E-state index in [-0.39, 0.29) is 12.5 Å². The molecule has 27 heavy (non-hydrogen) atoms. The summed E-state index contributed by atoms with van der Waals surface area (Å²) in [6.45, 7) is 2.39. The molecule has 0 bridgehead atoms. The number of piperazine rings is 1. The summed E-state index contributed by atoms with van der Waals surface area (Å²) in [6, 6.07) is 15.4. The number of carbonyl (C=O) groups excluding carboxylic acids is 2. The summed E-state index contributed by atoms with van der Waals surface area (Å²) < 4.78 is 6.27. The first kappa shape index (κ1) is 17.5. The van der Waals surface area contributed by atoms with Gasteiger partial charge in [0.25, 0.3) is 5.91 Å². The molecular weight excluding hydrogens is 362 g/mol. The van der Waals surface area contributed by atoms with E-state index in [1.54, 1.807) is 17.2 Å². The molecule has 2 aromatic heterocycles. The lowest BCUT2D eigenvalue weighted by Gasteiger charge is -2.35. The van der Waals surface area contributed by atoms with Crippen molar-refractivity contribution in [1.82, 2.24) is 9.88 Å². The van der Waals surface area contributed by atoms with Gasteiger partial charge >= 0.3 is 5.97 Å². The van der Waals surface area contributed by atoms with Crippen LogP contribution in [-0.4, -0.2) is 54.5 Å². The van der Waals surface area contributed by atoms with E-state index in [1.807, 2.05) is 42.5 Å². The Labute approximate surface area is 161 Å². The van der Waals surface area contributed by atoms with Crippen molar-refractivity contribution in [1.29, 1.82) is 0 Å². The number of aromatic nitrogens is 1. The summed E-state index contributed by atoms with van der Waals surface area (Å²) in [6.07, 6.45) is 1.76. The maximum Gasteiger partial charge on any atom is 0.348 e. The molecule has 0 aliphatic carbocycles. The fourth-order valence-electron chi connectivity index (χ4n) is 3.10. The van der Waals surface area contributed by atoms with Gasteiger partial charge in [0.05, 0.1) is 0 Å². The topological polar surface area (TPSA) is 62.7 Å². The predicted octanol–water partition coefficient (Wildman–Crippen LogP) is 2.80. The standard InChI is InChI=1S/C20H19N3O3S/c24-19(23-11-9-22(10-12-23)18-7-3-4-8-21-18)14-26-20(25)17-13-15-5-1-2-6-16(15)27-17/h1-8,13H,9-12,14H2. The number of fused-ring (bicyclic) bond motifs is 1. The molecule has 3 heterocycles. The molecule has 7 heteroatoms. The smallest absolute Gasteiger partial charge is 0.348 e. The van der Waals surface area contributed by atoms with Gasteiger partial charge in [-0.15, -0.1) is 11.3 Å². The number of hydrogen-bond donors (Lipinski definition) is 0. The molecule has 1 aromatic carbocycles. The van der Waals surface area contributed by atoms with Gasteiger partial charge < -0.3 is 14.5 Å². The molecule has 0 radical (unpaired) electrons. The Hall–Kier alpha value is -2.93. The first-order valence-corrected chi connectivity index (χ1v) is 9.62. The zero-order valence-corrected chi connectivity index (χ0v) is 15.5. The van der Waals surface area contributed by atoms with Gasteiger partial charge in [-0.3, -0.25) is 4.79 Å². The summed E-state index contributed by atoms with van der Waals surface area (Å²) in [5.41, 5.74) is 0. The third kappa shape index (κ3) is 3.93. The first-order valence-electron chi connectivity index (χ1n) is 8.80. The van der Waals surface area contributed by atoms with E-state index in [4.69, 9.17) is 4.74 Å². The molecule has 6 nitrogen and oxygen atoms in total. The number of benzene rings is 1. The lowest BCUT2D eigenvalue weighted by Crippen LogP contribution is -2.50. The van der Waals surface area contributed by atoms with Gasteiger partial charge in [0.1, 0.15) is 10.7 Å². The number of amides is 1. The lowest BCUT2D eigenvalue weighted by molar-refractivity contribution is -0.134. The number of esters is 1. The molecule has 4 rings (SSSR count). The van der Waals surface area contributed by atoms with Crippen LogP contribution in [0.2, 0.25) is 0 Å². The fraction of sp³-hybridized carbons (Fsp3) is 0.250. The second-order valence-corrected chi connectivity index (χ2v) is 7.36. The number of nitrogens with zero attached hydrogens (tertiary/aromatic N) is 3. The SMILES string of the molecule is O=C(OCC(=O)N1CCN(c2ccccn2)CC1)c1cc2ccccc2s1. The zero-order chi connectivity index (χ0) is 18.6. The molecule has 0 spiro atoms. The summed E-state index contributed by atoms with van der Waals surface area (Å²) >= 11 is 1.38. The number of anilines is 1. The summed E-state index contributed by atoms with van der Waals surface area (Å²) in [4.78, 5) is 33.3. The highest BCUT2D eigenvalue weighted by Crippen LogP contribution is 2.25. The number of carbonyl (C=O) groups is 2. The second-order valence-electron chi connectivity index (χ2n) is 6.28. The molecule has 1 fully saturated rings. The quantitative estimate of drug-likeness (QED) is 0.651. The van der Waals surface area contributed by atoms with Crippen LogP contribution < -0.4 is 4.90 Å². The van der Waals surface area contributed by atoms with E-state index < -0.39 is 5.97 Å². The van der Waals surface area contributed by atoms with E-state index in [0.717, 1.165) is 15.9 Å².